The van der Waals surface area contributed by atoms with Crippen LogP contribution in [0.3, 0.4) is 0 Å². The van der Waals surface area contributed by atoms with Crippen molar-refractivity contribution in [3.8, 4) is 11.5 Å². The van der Waals surface area contributed by atoms with Crippen molar-refractivity contribution in [2.45, 2.75) is 13.8 Å². The summed E-state index contributed by atoms with van der Waals surface area (Å²) in [5.74, 6) is -0.467. The first-order valence-electron chi connectivity index (χ1n) is 11.4. The monoisotopic (exact) mass is 516 g/mol. The Kier molecular flexibility index (Phi) is 7.66. The molecule has 0 saturated carbocycles. The number of non-ortho nitro benzene ring substituents is 1. The van der Waals surface area contributed by atoms with Crippen LogP contribution >= 0.6 is 0 Å². The molecule has 4 rings (SSSR count). The van der Waals surface area contributed by atoms with Gasteiger partial charge in [-0.05, 0) is 60.9 Å². The highest BCUT2D eigenvalue weighted by molar-refractivity contribution is 5.98. The number of nitrogens with one attached hydrogen (secondary N) is 2. The summed E-state index contributed by atoms with van der Waals surface area (Å²) in [6.07, 6.45) is 1.40. The van der Waals surface area contributed by atoms with Crippen molar-refractivity contribution < 1.29 is 28.4 Å². The molecule has 0 radical (unpaired) electrons. The molecule has 0 spiro atoms. The number of furan rings is 1. The molecule has 3 aromatic carbocycles. The molecule has 1 heterocycles. The fourth-order valence-electron chi connectivity index (χ4n) is 3.54. The number of fused-ring (bicyclic) bond motifs is 1. The lowest BCUT2D eigenvalue weighted by atomic mass is 10.1. The molecule has 0 atom stereocenters. The predicted molar refractivity (Wildman–Crippen MR) is 141 cm³/mol. The van der Waals surface area contributed by atoms with E-state index in [1.807, 2.05) is 32.0 Å². The minimum Gasteiger partial charge on any atom is -0.493 e. The molecule has 1 aromatic heterocycles. The quantitative estimate of drug-likeness (QED) is 0.185. The summed E-state index contributed by atoms with van der Waals surface area (Å²) >= 11 is 0. The Morgan fingerprint density at radius 3 is 2.63 bits per heavy atom. The largest absolute Gasteiger partial charge is 0.493 e. The van der Waals surface area contributed by atoms with Gasteiger partial charge in [0, 0.05) is 17.1 Å². The zero-order chi connectivity index (χ0) is 27.2. The third-order valence-electron chi connectivity index (χ3n) is 5.62. The molecule has 0 saturated heterocycles. The van der Waals surface area contributed by atoms with Crippen molar-refractivity contribution in [3.63, 3.8) is 0 Å². The molecule has 0 bridgehead atoms. The molecule has 0 aliphatic carbocycles. The molecular formula is C27H24N4O7. The minimum atomic E-state index is -0.655. The molecule has 194 valence electrons. The van der Waals surface area contributed by atoms with Gasteiger partial charge in [-0.3, -0.25) is 19.7 Å². The van der Waals surface area contributed by atoms with E-state index in [9.17, 15) is 19.7 Å². The zero-order valence-corrected chi connectivity index (χ0v) is 20.8. The lowest BCUT2D eigenvalue weighted by Gasteiger charge is -2.09. The van der Waals surface area contributed by atoms with Gasteiger partial charge < -0.3 is 19.2 Å². The number of carbonyl (C=O) groups is 2. The van der Waals surface area contributed by atoms with E-state index in [0.717, 1.165) is 11.1 Å². The lowest BCUT2D eigenvalue weighted by Crippen LogP contribution is -2.20. The first-order valence-corrected chi connectivity index (χ1v) is 11.4. The van der Waals surface area contributed by atoms with Crippen LogP contribution in [0.15, 0.2) is 70.2 Å². The smallest absolute Gasteiger partial charge is 0.307 e. The number of methoxy groups -OCH3 is 1. The number of rotatable bonds is 9. The molecular weight excluding hydrogens is 492 g/mol. The van der Waals surface area contributed by atoms with E-state index < -0.39 is 10.8 Å². The van der Waals surface area contributed by atoms with Crippen molar-refractivity contribution in [1.82, 2.24) is 5.43 Å². The summed E-state index contributed by atoms with van der Waals surface area (Å²) in [6, 6.07) is 16.3. The van der Waals surface area contributed by atoms with Crippen LogP contribution in [-0.2, 0) is 4.79 Å². The zero-order valence-electron chi connectivity index (χ0n) is 20.8. The SMILES string of the molecule is COc1cc([N+](=O)[O-])cc2cc(C(=O)N/N=C\c3cccc(OCC(=O)Nc4ccc(C)c(C)c4)c3)oc12. The second-order valence-corrected chi connectivity index (χ2v) is 8.34. The van der Waals surface area contributed by atoms with Crippen molar-refractivity contribution in [2.75, 3.05) is 19.0 Å². The van der Waals surface area contributed by atoms with Crippen molar-refractivity contribution in [1.29, 1.82) is 0 Å². The number of nitrogens with zero attached hydrogens (tertiary/aromatic N) is 2. The molecule has 0 aliphatic rings. The highest BCUT2D eigenvalue weighted by atomic mass is 16.6. The number of ether oxygens (including phenoxy) is 2. The molecule has 2 N–H and O–H groups in total. The Labute approximate surface area is 217 Å². The van der Waals surface area contributed by atoms with Gasteiger partial charge in [-0.1, -0.05) is 18.2 Å². The van der Waals surface area contributed by atoms with E-state index >= 15 is 0 Å². The third-order valence-corrected chi connectivity index (χ3v) is 5.62. The lowest BCUT2D eigenvalue weighted by molar-refractivity contribution is -0.384. The van der Waals surface area contributed by atoms with Gasteiger partial charge >= 0.3 is 5.91 Å². The van der Waals surface area contributed by atoms with Gasteiger partial charge in [-0.25, -0.2) is 5.43 Å². The topological polar surface area (TPSA) is 145 Å². The van der Waals surface area contributed by atoms with Gasteiger partial charge in [0.05, 0.1) is 24.3 Å². The average Bonchev–Trinajstić information content (AvgIpc) is 3.34. The van der Waals surface area contributed by atoms with Gasteiger partial charge in [0.2, 0.25) is 0 Å². The van der Waals surface area contributed by atoms with E-state index in [1.165, 1.54) is 31.5 Å². The van der Waals surface area contributed by atoms with Crippen LogP contribution in [0.25, 0.3) is 11.0 Å². The molecule has 38 heavy (non-hydrogen) atoms. The van der Waals surface area contributed by atoms with Gasteiger partial charge in [0.1, 0.15) is 5.75 Å². The molecule has 0 unspecified atom stereocenters. The Hall–Kier alpha value is -5.19. The van der Waals surface area contributed by atoms with Gasteiger partial charge in [0.15, 0.2) is 23.7 Å². The number of nitro groups is 1. The van der Waals surface area contributed by atoms with Gasteiger partial charge in [-0.15, -0.1) is 0 Å². The molecule has 0 aliphatic heterocycles. The maximum Gasteiger partial charge on any atom is 0.307 e. The van der Waals surface area contributed by atoms with Crippen LogP contribution in [0.4, 0.5) is 11.4 Å². The van der Waals surface area contributed by atoms with Crippen molar-refractivity contribution in [2.24, 2.45) is 5.10 Å². The molecule has 0 fully saturated rings. The van der Waals surface area contributed by atoms with E-state index in [2.05, 4.69) is 15.8 Å². The number of amides is 2. The molecule has 4 aromatic rings. The number of aryl methyl sites for hydroxylation is 2. The van der Waals surface area contributed by atoms with Crippen LogP contribution in [0, 0.1) is 24.0 Å². The van der Waals surface area contributed by atoms with E-state index in [4.69, 9.17) is 13.9 Å². The van der Waals surface area contributed by atoms with Crippen molar-refractivity contribution in [3.05, 3.63) is 93.2 Å². The second kappa shape index (κ2) is 11.2. The summed E-state index contributed by atoms with van der Waals surface area (Å²) in [7, 11) is 1.35. The number of carbonyl (C=O) groups excluding carboxylic acids is 2. The van der Waals surface area contributed by atoms with E-state index in [0.29, 0.717) is 22.4 Å². The second-order valence-electron chi connectivity index (χ2n) is 8.34. The maximum absolute atomic E-state index is 12.5. The molecule has 11 heteroatoms. The molecule has 11 nitrogen and oxygen atoms in total. The van der Waals surface area contributed by atoms with E-state index in [-0.39, 0.29) is 35.3 Å². The fraction of sp³-hybridized carbons (Fsp3) is 0.148. The number of nitro benzene ring substituents is 1. The van der Waals surface area contributed by atoms with Crippen LogP contribution in [0.2, 0.25) is 0 Å². The summed E-state index contributed by atoms with van der Waals surface area (Å²) < 4.78 is 16.2. The Balaban J connectivity index is 1.35. The third kappa shape index (κ3) is 6.13. The van der Waals surface area contributed by atoms with E-state index in [1.54, 1.807) is 24.3 Å². The predicted octanol–water partition coefficient (Wildman–Crippen LogP) is 4.75. The standard InChI is InChI=1S/C27H24N4O7/c1-16-7-8-20(9-17(16)2)29-25(32)15-37-22-6-4-5-18(10-22)14-28-30-27(33)24-12-19-11-21(31(34)35)13-23(36-3)26(19)38-24/h4-14H,15H2,1-3H3,(H,29,32)(H,30,33)/b28-14-. The highest BCUT2D eigenvalue weighted by Gasteiger charge is 2.19. The summed E-state index contributed by atoms with van der Waals surface area (Å²) in [6.45, 7) is 3.79. The number of hydrogen-bond donors (Lipinski definition) is 2. The van der Waals surface area contributed by atoms with Crippen molar-refractivity contribution >= 4 is 40.4 Å². The van der Waals surface area contributed by atoms with Crippen LogP contribution in [-0.4, -0.2) is 36.7 Å². The number of hydrazone groups is 1. The average molecular weight is 517 g/mol. The first-order chi connectivity index (χ1) is 18.2. The van der Waals surface area contributed by atoms with Crippen LogP contribution in [0.1, 0.15) is 27.2 Å². The Morgan fingerprint density at radius 2 is 1.89 bits per heavy atom. The van der Waals surface area contributed by atoms with Crippen LogP contribution in [0.5, 0.6) is 11.5 Å². The molecule has 2 amide bonds. The Morgan fingerprint density at radius 1 is 1.08 bits per heavy atom. The Bertz CT molecular complexity index is 1560. The fourth-order valence-corrected chi connectivity index (χ4v) is 3.54. The van der Waals surface area contributed by atoms with Crippen LogP contribution < -0.4 is 20.2 Å². The van der Waals surface area contributed by atoms with Gasteiger partial charge in [0.25, 0.3) is 11.6 Å². The normalized spacial score (nSPS) is 10.9. The minimum absolute atomic E-state index is 0.0946. The van der Waals surface area contributed by atoms with Gasteiger partial charge in [-0.2, -0.15) is 5.10 Å². The maximum atomic E-state index is 12.5. The number of anilines is 1. The number of hydrogen-bond acceptors (Lipinski definition) is 8. The first kappa shape index (κ1) is 25.9. The summed E-state index contributed by atoms with van der Waals surface area (Å²) in [5, 5.41) is 18.2. The number of benzene rings is 3. The summed E-state index contributed by atoms with van der Waals surface area (Å²) in [4.78, 5) is 35.3. The highest BCUT2D eigenvalue weighted by Crippen LogP contribution is 2.33. The summed E-state index contributed by atoms with van der Waals surface area (Å²) in [5.41, 5.74) is 5.88.